The van der Waals surface area contributed by atoms with Crippen LogP contribution in [0, 0.1) is 5.82 Å². The third-order valence-electron chi connectivity index (χ3n) is 3.36. The zero-order valence-corrected chi connectivity index (χ0v) is 12.5. The molecule has 3 rings (SSSR count). The summed E-state index contributed by atoms with van der Waals surface area (Å²) in [6, 6.07) is 8.05. The third-order valence-corrected chi connectivity index (χ3v) is 3.36. The molecule has 114 valence electrons. The highest BCUT2D eigenvalue weighted by atomic mass is 19.1. The van der Waals surface area contributed by atoms with Gasteiger partial charge in [-0.3, -0.25) is 0 Å². The van der Waals surface area contributed by atoms with Crippen molar-refractivity contribution in [1.82, 2.24) is 14.6 Å². The van der Waals surface area contributed by atoms with E-state index in [0.717, 1.165) is 11.2 Å². The molecule has 6 heteroatoms. The van der Waals surface area contributed by atoms with E-state index in [1.807, 2.05) is 32.2 Å². The Morgan fingerprint density at radius 2 is 2.18 bits per heavy atom. The van der Waals surface area contributed by atoms with Gasteiger partial charge in [-0.15, -0.1) is 0 Å². The average Bonchev–Trinajstić information content (AvgIpc) is 2.97. The second kappa shape index (κ2) is 6.01. The predicted molar refractivity (Wildman–Crippen MR) is 82.6 cm³/mol. The number of rotatable bonds is 5. The van der Waals surface area contributed by atoms with E-state index >= 15 is 0 Å². The van der Waals surface area contributed by atoms with Gasteiger partial charge in [-0.1, -0.05) is 0 Å². The molecule has 1 N–H and O–H groups in total. The van der Waals surface area contributed by atoms with Crippen molar-refractivity contribution < 1.29 is 9.13 Å². The lowest BCUT2D eigenvalue weighted by Gasteiger charge is -2.18. The first-order chi connectivity index (χ1) is 10.7. The first-order valence-corrected chi connectivity index (χ1v) is 7.16. The van der Waals surface area contributed by atoms with Crippen LogP contribution in [0.3, 0.4) is 0 Å². The second-order valence-corrected chi connectivity index (χ2v) is 4.93. The van der Waals surface area contributed by atoms with Crippen molar-refractivity contribution in [2.75, 3.05) is 11.9 Å². The molecule has 2 heterocycles. The summed E-state index contributed by atoms with van der Waals surface area (Å²) in [7, 11) is 0. The molecule has 2 aromatic heterocycles. The summed E-state index contributed by atoms with van der Waals surface area (Å²) in [5.41, 5.74) is 1.51. The molecular weight excluding hydrogens is 283 g/mol. The number of halogens is 1. The van der Waals surface area contributed by atoms with Gasteiger partial charge in [0.2, 0.25) is 0 Å². The molecule has 1 aromatic carbocycles. The monoisotopic (exact) mass is 300 g/mol. The maximum absolute atomic E-state index is 13.5. The van der Waals surface area contributed by atoms with Gasteiger partial charge < -0.3 is 10.1 Å². The van der Waals surface area contributed by atoms with Crippen molar-refractivity contribution in [3.05, 3.63) is 54.1 Å². The molecule has 0 saturated carbocycles. The van der Waals surface area contributed by atoms with Crippen LogP contribution in [0.5, 0.6) is 5.75 Å². The molecule has 0 aliphatic rings. The van der Waals surface area contributed by atoms with Crippen LogP contribution in [0.1, 0.15) is 25.5 Å². The number of aromatic nitrogens is 3. The quantitative estimate of drug-likeness (QED) is 0.784. The minimum absolute atomic E-state index is 0.143. The zero-order valence-electron chi connectivity index (χ0n) is 12.5. The summed E-state index contributed by atoms with van der Waals surface area (Å²) in [5, 5.41) is 7.37. The van der Waals surface area contributed by atoms with Crippen molar-refractivity contribution >= 4 is 11.5 Å². The molecule has 22 heavy (non-hydrogen) atoms. The molecular formula is C16H17FN4O. The molecule has 0 bridgehead atoms. The summed E-state index contributed by atoms with van der Waals surface area (Å²) in [6.45, 7) is 4.38. The number of ether oxygens (including phenoxy) is 1. The highest BCUT2D eigenvalue weighted by molar-refractivity contribution is 5.48. The first-order valence-electron chi connectivity index (χ1n) is 7.16. The second-order valence-electron chi connectivity index (χ2n) is 4.93. The van der Waals surface area contributed by atoms with Crippen LogP contribution in [0.4, 0.5) is 10.2 Å². The van der Waals surface area contributed by atoms with E-state index in [-0.39, 0.29) is 11.9 Å². The van der Waals surface area contributed by atoms with Crippen LogP contribution in [-0.4, -0.2) is 21.2 Å². The predicted octanol–water partition coefficient (Wildman–Crippen LogP) is 3.44. The normalized spacial score (nSPS) is 12.3. The highest BCUT2D eigenvalue weighted by Gasteiger charge is 2.13. The van der Waals surface area contributed by atoms with Gasteiger partial charge in [0, 0.05) is 17.8 Å². The minimum Gasteiger partial charge on any atom is -0.494 e. The lowest BCUT2D eigenvalue weighted by atomic mass is 10.1. The summed E-state index contributed by atoms with van der Waals surface area (Å²) in [6.07, 6.45) is 3.52. The number of fused-ring (bicyclic) bond motifs is 1. The number of hydrogen-bond acceptors (Lipinski definition) is 4. The van der Waals surface area contributed by atoms with Gasteiger partial charge in [0.25, 0.3) is 0 Å². The Kier molecular flexibility index (Phi) is 3.91. The largest absolute Gasteiger partial charge is 0.494 e. The molecule has 0 fully saturated rings. The Morgan fingerprint density at radius 1 is 1.32 bits per heavy atom. The lowest BCUT2D eigenvalue weighted by Crippen LogP contribution is -2.11. The lowest BCUT2D eigenvalue weighted by molar-refractivity contribution is 0.334. The van der Waals surface area contributed by atoms with Crippen molar-refractivity contribution in [3.8, 4) is 5.75 Å². The standard InChI is InChI=1S/C16H17FN4O/c1-3-22-14-5-4-12(17)10-13(14)11(2)19-15-7-9-21-16(20-15)6-8-18-21/h4-11H,3H2,1-2H3,(H,19,20). The Hall–Kier alpha value is -2.63. The van der Waals surface area contributed by atoms with Crippen LogP contribution in [0.15, 0.2) is 42.7 Å². The van der Waals surface area contributed by atoms with Crippen LogP contribution in [-0.2, 0) is 0 Å². The van der Waals surface area contributed by atoms with E-state index in [1.165, 1.54) is 12.1 Å². The van der Waals surface area contributed by atoms with Crippen molar-refractivity contribution in [2.45, 2.75) is 19.9 Å². The molecule has 0 aliphatic heterocycles. The van der Waals surface area contributed by atoms with Crippen LogP contribution < -0.4 is 10.1 Å². The Morgan fingerprint density at radius 3 is 3.00 bits per heavy atom. The van der Waals surface area contributed by atoms with Crippen LogP contribution in [0.25, 0.3) is 5.65 Å². The summed E-state index contributed by atoms with van der Waals surface area (Å²) in [4.78, 5) is 4.45. The molecule has 0 radical (unpaired) electrons. The van der Waals surface area contributed by atoms with Gasteiger partial charge in [0.05, 0.1) is 18.8 Å². The molecule has 3 aromatic rings. The van der Waals surface area contributed by atoms with Gasteiger partial charge in [-0.05, 0) is 38.1 Å². The van der Waals surface area contributed by atoms with Gasteiger partial charge in [0.1, 0.15) is 17.4 Å². The number of hydrogen-bond donors (Lipinski definition) is 1. The molecule has 0 spiro atoms. The molecule has 0 amide bonds. The van der Waals surface area contributed by atoms with Crippen LogP contribution >= 0.6 is 0 Å². The number of benzene rings is 1. The third kappa shape index (κ3) is 2.86. The summed E-state index contributed by atoms with van der Waals surface area (Å²) < 4.78 is 20.8. The summed E-state index contributed by atoms with van der Waals surface area (Å²) in [5.74, 6) is 1.09. The maximum Gasteiger partial charge on any atom is 0.157 e. The van der Waals surface area contributed by atoms with Crippen LogP contribution in [0.2, 0.25) is 0 Å². The maximum atomic E-state index is 13.5. The molecule has 1 atom stereocenters. The van der Waals surface area contributed by atoms with E-state index in [1.54, 1.807) is 16.8 Å². The Labute approximate surface area is 127 Å². The Bertz CT molecular complexity index is 787. The summed E-state index contributed by atoms with van der Waals surface area (Å²) >= 11 is 0. The minimum atomic E-state index is -0.286. The Balaban J connectivity index is 1.86. The van der Waals surface area contributed by atoms with Gasteiger partial charge >= 0.3 is 0 Å². The first kappa shape index (κ1) is 14.3. The molecule has 1 unspecified atom stereocenters. The molecule has 0 aliphatic carbocycles. The number of anilines is 1. The molecule has 0 saturated heterocycles. The average molecular weight is 300 g/mol. The number of nitrogens with one attached hydrogen (secondary N) is 1. The topological polar surface area (TPSA) is 51.5 Å². The van der Waals surface area contributed by atoms with Gasteiger partial charge in [0.15, 0.2) is 5.65 Å². The van der Waals surface area contributed by atoms with Crippen molar-refractivity contribution in [3.63, 3.8) is 0 Å². The number of nitrogens with zero attached hydrogens (tertiary/aromatic N) is 3. The van der Waals surface area contributed by atoms with E-state index < -0.39 is 0 Å². The van der Waals surface area contributed by atoms with Crippen molar-refractivity contribution in [1.29, 1.82) is 0 Å². The highest BCUT2D eigenvalue weighted by Crippen LogP contribution is 2.28. The zero-order chi connectivity index (χ0) is 15.5. The fourth-order valence-corrected chi connectivity index (χ4v) is 2.34. The SMILES string of the molecule is CCOc1ccc(F)cc1C(C)Nc1ccn2nccc2n1. The van der Waals surface area contributed by atoms with E-state index in [2.05, 4.69) is 15.4 Å². The fourth-order valence-electron chi connectivity index (χ4n) is 2.34. The van der Waals surface area contributed by atoms with Gasteiger partial charge in [-0.2, -0.15) is 5.10 Å². The van der Waals surface area contributed by atoms with E-state index in [0.29, 0.717) is 18.2 Å². The van der Waals surface area contributed by atoms with Crippen molar-refractivity contribution in [2.24, 2.45) is 0 Å². The van der Waals surface area contributed by atoms with E-state index in [9.17, 15) is 4.39 Å². The smallest absolute Gasteiger partial charge is 0.157 e. The fraction of sp³-hybridized carbons (Fsp3) is 0.250. The molecule has 5 nitrogen and oxygen atoms in total. The van der Waals surface area contributed by atoms with Gasteiger partial charge in [-0.25, -0.2) is 13.9 Å². The van der Waals surface area contributed by atoms with E-state index in [4.69, 9.17) is 4.74 Å².